The molecule has 1 heterocycles. The molecule has 7 heteroatoms. The van der Waals surface area contributed by atoms with E-state index in [9.17, 15) is 8.42 Å². The number of allylic oxidation sites excluding steroid dienone is 3. The van der Waals surface area contributed by atoms with Gasteiger partial charge in [0.25, 0.3) is 10.0 Å². The fourth-order valence-corrected chi connectivity index (χ4v) is 4.03. The van der Waals surface area contributed by atoms with Crippen LogP contribution in [0, 0.1) is 0 Å². The molecule has 0 spiro atoms. The van der Waals surface area contributed by atoms with Gasteiger partial charge in [0, 0.05) is 9.79 Å². The van der Waals surface area contributed by atoms with Gasteiger partial charge in [-0.3, -0.25) is 0 Å². The molecule has 0 aromatic heterocycles. The van der Waals surface area contributed by atoms with Crippen molar-refractivity contribution in [2.75, 3.05) is 5.32 Å². The van der Waals surface area contributed by atoms with E-state index in [0.717, 1.165) is 27.4 Å². The maximum absolute atomic E-state index is 12.2. The maximum atomic E-state index is 12.2. The molecule has 0 saturated carbocycles. The van der Waals surface area contributed by atoms with E-state index >= 15 is 0 Å². The number of anilines is 2. The highest BCUT2D eigenvalue weighted by Gasteiger charge is 2.16. The Morgan fingerprint density at radius 1 is 1.07 bits per heavy atom. The van der Waals surface area contributed by atoms with Crippen LogP contribution in [-0.2, 0) is 10.0 Å². The van der Waals surface area contributed by atoms with Gasteiger partial charge in [-0.25, -0.2) is 0 Å². The van der Waals surface area contributed by atoms with Crippen molar-refractivity contribution in [1.82, 2.24) is 4.83 Å². The van der Waals surface area contributed by atoms with Gasteiger partial charge in [0.05, 0.1) is 22.0 Å². The number of sulfonamides is 1. The molecule has 0 radical (unpaired) electrons. The minimum absolute atomic E-state index is 0.0767. The third kappa shape index (κ3) is 4.55. The van der Waals surface area contributed by atoms with Crippen LogP contribution in [0.3, 0.4) is 0 Å². The molecule has 5 nitrogen and oxygen atoms in total. The first-order chi connectivity index (χ1) is 13.3. The van der Waals surface area contributed by atoms with Gasteiger partial charge in [0.1, 0.15) is 0 Å². The summed E-state index contributed by atoms with van der Waals surface area (Å²) >= 11 is 1.69. The first kappa shape index (κ1) is 20.0. The second-order valence-corrected chi connectivity index (χ2v) is 9.17. The normalized spacial score (nSPS) is 13.4. The molecule has 0 amide bonds. The number of fused-ring (bicyclic) bond motifs is 2. The zero-order valence-corrected chi connectivity index (χ0v) is 17.3. The third-order valence-electron chi connectivity index (χ3n) is 4.01. The third-order valence-corrected chi connectivity index (χ3v) is 6.32. The van der Waals surface area contributed by atoms with Gasteiger partial charge < -0.3 is 5.32 Å². The Balaban J connectivity index is 1.77. The van der Waals surface area contributed by atoms with E-state index in [1.807, 2.05) is 36.4 Å². The summed E-state index contributed by atoms with van der Waals surface area (Å²) in [5.41, 5.74) is 4.11. The number of nitrogens with zero attached hydrogens (tertiary/aromatic N) is 1. The molecule has 28 heavy (non-hydrogen) atoms. The van der Waals surface area contributed by atoms with Crippen molar-refractivity contribution in [3.05, 3.63) is 83.8 Å². The Labute approximate surface area is 170 Å². The number of hydrogen-bond donors (Lipinski definition) is 2. The molecule has 144 valence electrons. The lowest BCUT2D eigenvalue weighted by atomic mass is 10.1. The lowest BCUT2D eigenvalue weighted by molar-refractivity contribution is 0.592. The summed E-state index contributed by atoms with van der Waals surface area (Å²) in [6.07, 6.45) is 2.98. The number of benzene rings is 2. The van der Waals surface area contributed by atoms with E-state index < -0.39 is 10.0 Å². The first-order valence-corrected chi connectivity index (χ1v) is 10.8. The summed E-state index contributed by atoms with van der Waals surface area (Å²) in [7, 11) is -3.80. The molecule has 0 bridgehead atoms. The van der Waals surface area contributed by atoms with Crippen molar-refractivity contribution >= 4 is 38.9 Å². The van der Waals surface area contributed by atoms with Gasteiger partial charge in [-0.15, -0.1) is 0 Å². The molecule has 1 aliphatic rings. The van der Waals surface area contributed by atoms with E-state index in [1.54, 1.807) is 31.7 Å². The second kappa shape index (κ2) is 8.08. The van der Waals surface area contributed by atoms with Crippen LogP contribution in [-0.4, -0.2) is 14.1 Å². The summed E-state index contributed by atoms with van der Waals surface area (Å²) in [6.45, 7) is 10.8. The van der Waals surface area contributed by atoms with Gasteiger partial charge >= 0.3 is 0 Å². The van der Waals surface area contributed by atoms with Crippen molar-refractivity contribution in [2.24, 2.45) is 5.10 Å². The molecule has 0 fully saturated rings. The summed E-state index contributed by atoms with van der Waals surface area (Å²) in [6, 6.07) is 14.0. The predicted octanol–water partition coefficient (Wildman–Crippen LogP) is 5.18. The zero-order chi connectivity index (χ0) is 20.3. The van der Waals surface area contributed by atoms with Crippen LogP contribution < -0.4 is 10.1 Å². The molecule has 3 rings (SSSR count). The van der Waals surface area contributed by atoms with Crippen molar-refractivity contribution in [3.8, 4) is 0 Å². The van der Waals surface area contributed by atoms with E-state index in [4.69, 9.17) is 0 Å². The molecule has 2 aromatic rings. The summed E-state index contributed by atoms with van der Waals surface area (Å²) in [5.74, 6) is 0. The van der Waals surface area contributed by atoms with Crippen LogP contribution in [0.25, 0.3) is 0 Å². The maximum Gasteiger partial charge on any atom is 0.276 e. The molecule has 0 saturated heterocycles. The predicted molar refractivity (Wildman–Crippen MR) is 118 cm³/mol. The van der Waals surface area contributed by atoms with E-state index in [2.05, 4.69) is 34.5 Å². The van der Waals surface area contributed by atoms with Crippen LogP contribution in [0.2, 0.25) is 0 Å². The van der Waals surface area contributed by atoms with E-state index in [0.29, 0.717) is 5.71 Å². The largest absolute Gasteiger partial charge is 0.354 e. The molecule has 1 aliphatic heterocycles. The number of para-hydroxylation sites is 1. The van der Waals surface area contributed by atoms with Crippen molar-refractivity contribution in [3.63, 3.8) is 0 Å². The lowest BCUT2D eigenvalue weighted by Crippen LogP contribution is -2.20. The highest BCUT2D eigenvalue weighted by molar-refractivity contribution is 7.99. The number of hydrazone groups is 1. The fourth-order valence-electron chi connectivity index (χ4n) is 2.44. The molecular formula is C21H21N3O2S2. The van der Waals surface area contributed by atoms with Crippen molar-refractivity contribution in [1.29, 1.82) is 0 Å². The van der Waals surface area contributed by atoms with E-state index in [1.165, 1.54) is 11.0 Å². The van der Waals surface area contributed by atoms with Crippen molar-refractivity contribution in [2.45, 2.75) is 23.6 Å². The summed E-state index contributed by atoms with van der Waals surface area (Å²) < 4.78 is 24.5. The topological polar surface area (TPSA) is 70.6 Å². The average Bonchev–Trinajstić information content (AvgIpc) is 2.68. The highest BCUT2D eigenvalue weighted by Crippen LogP contribution is 2.44. The second-order valence-electron chi connectivity index (χ2n) is 6.37. The van der Waals surface area contributed by atoms with Crippen LogP contribution in [0.15, 0.2) is 93.1 Å². The molecular weight excluding hydrogens is 390 g/mol. The quantitative estimate of drug-likeness (QED) is 0.333. The number of hydrogen-bond acceptors (Lipinski definition) is 5. The Hall–Kier alpha value is -2.77. The fraction of sp³-hybridized carbons (Fsp3) is 0.0952. The zero-order valence-electron chi connectivity index (χ0n) is 15.7. The minimum atomic E-state index is -3.80. The lowest BCUT2D eigenvalue weighted by Gasteiger charge is -2.21. The Morgan fingerprint density at radius 3 is 2.54 bits per heavy atom. The Bertz CT molecular complexity index is 1120. The Kier molecular flexibility index (Phi) is 5.76. The molecule has 0 atom stereocenters. The van der Waals surface area contributed by atoms with Gasteiger partial charge in [0.2, 0.25) is 0 Å². The summed E-state index contributed by atoms with van der Waals surface area (Å²) in [5, 5.41) is 7.44. The number of rotatable bonds is 6. The van der Waals surface area contributed by atoms with Gasteiger partial charge in [-0.05, 0) is 49.8 Å². The van der Waals surface area contributed by atoms with Gasteiger partial charge in [0.15, 0.2) is 0 Å². The number of nitrogens with one attached hydrogen (secondary N) is 2. The molecule has 0 unspecified atom stereocenters. The van der Waals surface area contributed by atoms with Crippen LogP contribution in [0.4, 0.5) is 11.4 Å². The average molecular weight is 412 g/mol. The summed E-state index contributed by atoms with van der Waals surface area (Å²) in [4.78, 5) is 4.43. The Morgan fingerprint density at radius 2 is 1.79 bits per heavy atom. The van der Waals surface area contributed by atoms with Crippen molar-refractivity contribution < 1.29 is 8.42 Å². The van der Waals surface area contributed by atoms with Crippen LogP contribution >= 0.6 is 11.8 Å². The monoisotopic (exact) mass is 411 g/mol. The highest BCUT2D eigenvalue weighted by atomic mass is 32.2. The minimum Gasteiger partial charge on any atom is -0.354 e. The van der Waals surface area contributed by atoms with Crippen LogP contribution in [0.5, 0.6) is 0 Å². The van der Waals surface area contributed by atoms with Crippen LogP contribution in [0.1, 0.15) is 19.4 Å². The smallest absolute Gasteiger partial charge is 0.276 e. The standard InChI is InChI=1S/C21H21N3O2S2/c1-14(2)9-10-15(3)28(25,26)24-23-16(4)17-11-12-21-19(13-17)22-18-7-5-6-8-20(18)27-21/h5-13,22,24H,1,3H2,2,4H3/b10-9-,23-16+. The molecule has 2 aromatic carbocycles. The van der Waals surface area contributed by atoms with Gasteiger partial charge in [-0.2, -0.15) is 18.4 Å². The first-order valence-electron chi connectivity index (χ1n) is 8.53. The van der Waals surface area contributed by atoms with E-state index in [-0.39, 0.29) is 4.91 Å². The molecule has 0 aliphatic carbocycles. The molecule has 2 N–H and O–H groups in total. The SMILES string of the molecule is C=C(C)/C=C\C(=C)S(=O)(=O)N/N=C(\C)c1ccc2c(c1)Nc1ccccc1S2. The van der Waals surface area contributed by atoms with Gasteiger partial charge in [-0.1, -0.05) is 54.8 Å².